The Morgan fingerprint density at radius 3 is 2.25 bits per heavy atom. The van der Waals surface area contributed by atoms with E-state index in [9.17, 15) is 4.79 Å². The van der Waals surface area contributed by atoms with Gasteiger partial charge in [-0.2, -0.15) is 0 Å². The maximum absolute atomic E-state index is 12.5. The number of nitrogens with one attached hydrogen (secondary N) is 1. The van der Waals surface area contributed by atoms with Crippen molar-refractivity contribution in [3.63, 3.8) is 0 Å². The van der Waals surface area contributed by atoms with E-state index < -0.39 is 0 Å². The lowest BCUT2D eigenvalue weighted by atomic mass is 10.0. The number of anilines is 1. The molecular weight excluding hydrogens is 393 g/mol. The lowest BCUT2D eigenvalue weighted by Crippen LogP contribution is -2.09. The molecule has 2 aromatic carbocycles. The van der Waals surface area contributed by atoms with Crippen molar-refractivity contribution in [2.24, 2.45) is 0 Å². The summed E-state index contributed by atoms with van der Waals surface area (Å²) in [4.78, 5) is 20.8. The van der Waals surface area contributed by atoms with Crippen LogP contribution in [0.25, 0.3) is 0 Å². The summed E-state index contributed by atoms with van der Waals surface area (Å²) < 4.78 is 0. The standard InChI is InChI=1S/C22H21Cl2N3O/c1-14-3-7-17(8-4-14)21(28)18-9-5-16(6-10-18)11-12-25-22-19(24)20(15(2)23)26-13-27-22/h3-10,13,15H,11-12H2,1-2H3,(H,25,26,27). The summed E-state index contributed by atoms with van der Waals surface area (Å²) in [6.45, 7) is 4.47. The summed E-state index contributed by atoms with van der Waals surface area (Å²) in [7, 11) is 0. The lowest BCUT2D eigenvalue weighted by molar-refractivity contribution is 0.103. The monoisotopic (exact) mass is 413 g/mol. The van der Waals surface area contributed by atoms with Gasteiger partial charge in [0.05, 0.1) is 11.1 Å². The molecule has 28 heavy (non-hydrogen) atoms. The highest BCUT2D eigenvalue weighted by atomic mass is 35.5. The Morgan fingerprint density at radius 1 is 1.04 bits per heavy atom. The van der Waals surface area contributed by atoms with Gasteiger partial charge in [0, 0.05) is 17.7 Å². The molecular formula is C22H21Cl2N3O. The van der Waals surface area contributed by atoms with Gasteiger partial charge in [-0.25, -0.2) is 9.97 Å². The van der Waals surface area contributed by atoms with Crippen LogP contribution in [0.1, 0.15) is 45.0 Å². The van der Waals surface area contributed by atoms with Crippen molar-refractivity contribution < 1.29 is 4.79 Å². The number of hydrogen-bond donors (Lipinski definition) is 1. The predicted octanol–water partition coefficient (Wildman–Crippen LogP) is 5.62. The third-order valence-corrected chi connectivity index (χ3v) is 5.01. The Bertz CT molecular complexity index is 955. The number of rotatable bonds is 7. The average Bonchev–Trinajstić information content (AvgIpc) is 2.69. The summed E-state index contributed by atoms with van der Waals surface area (Å²) in [6, 6.07) is 15.3. The van der Waals surface area contributed by atoms with Gasteiger partial charge in [0.2, 0.25) is 0 Å². The molecule has 144 valence electrons. The molecule has 3 aromatic rings. The molecule has 3 rings (SSSR count). The van der Waals surface area contributed by atoms with Crippen LogP contribution in [0.3, 0.4) is 0 Å². The molecule has 0 saturated heterocycles. The first kappa shape index (κ1) is 20.3. The van der Waals surface area contributed by atoms with Crippen molar-refractivity contribution in [3.05, 3.63) is 87.8 Å². The molecule has 4 nitrogen and oxygen atoms in total. The van der Waals surface area contributed by atoms with Gasteiger partial charge in [-0.3, -0.25) is 4.79 Å². The van der Waals surface area contributed by atoms with Crippen LogP contribution in [0.4, 0.5) is 5.82 Å². The van der Waals surface area contributed by atoms with E-state index in [1.54, 1.807) is 0 Å². The Kier molecular flexibility index (Phi) is 6.65. The minimum absolute atomic E-state index is 0.0279. The summed E-state index contributed by atoms with van der Waals surface area (Å²) >= 11 is 12.4. The number of halogens is 2. The molecule has 0 saturated carbocycles. The molecule has 1 aromatic heterocycles. The minimum atomic E-state index is -0.283. The zero-order chi connectivity index (χ0) is 20.1. The van der Waals surface area contributed by atoms with Crippen molar-refractivity contribution in [1.82, 2.24) is 9.97 Å². The van der Waals surface area contributed by atoms with Gasteiger partial charge in [0.25, 0.3) is 0 Å². The predicted molar refractivity (Wildman–Crippen MR) is 115 cm³/mol. The average molecular weight is 414 g/mol. The van der Waals surface area contributed by atoms with Gasteiger partial charge < -0.3 is 5.32 Å². The second kappa shape index (κ2) is 9.18. The Morgan fingerprint density at radius 2 is 1.64 bits per heavy atom. The highest BCUT2D eigenvalue weighted by Crippen LogP contribution is 2.29. The smallest absolute Gasteiger partial charge is 0.193 e. The summed E-state index contributed by atoms with van der Waals surface area (Å²) in [5, 5.41) is 3.38. The highest BCUT2D eigenvalue weighted by Gasteiger charge is 2.13. The Hall–Kier alpha value is -2.43. The third kappa shape index (κ3) is 4.89. The molecule has 1 heterocycles. The van der Waals surface area contributed by atoms with Gasteiger partial charge in [-0.05, 0) is 25.8 Å². The molecule has 0 radical (unpaired) electrons. The van der Waals surface area contributed by atoms with E-state index in [0.717, 1.165) is 17.5 Å². The molecule has 1 N–H and O–H groups in total. The van der Waals surface area contributed by atoms with Crippen LogP contribution in [0, 0.1) is 6.92 Å². The van der Waals surface area contributed by atoms with E-state index in [1.807, 2.05) is 62.4 Å². The normalized spacial score (nSPS) is 11.9. The number of nitrogens with zero attached hydrogens (tertiary/aromatic N) is 2. The zero-order valence-electron chi connectivity index (χ0n) is 15.7. The first-order valence-electron chi connectivity index (χ1n) is 9.04. The van der Waals surface area contributed by atoms with Crippen molar-refractivity contribution in [3.8, 4) is 0 Å². The molecule has 1 atom stereocenters. The molecule has 0 spiro atoms. The van der Waals surface area contributed by atoms with Gasteiger partial charge in [0.1, 0.15) is 17.2 Å². The highest BCUT2D eigenvalue weighted by molar-refractivity contribution is 6.34. The van der Waals surface area contributed by atoms with Crippen LogP contribution in [-0.2, 0) is 6.42 Å². The fourth-order valence-corrected chi connectivity index (χ4v) is 3.35. The van der Waals surface area contributed by atoms with Gasteiger partial charge in [-0.1, -0.05) is 65.7 Å². The Labute approximate surface area is 174 Å². The first-order chi connectivity index (χ1) is 13.5. The van der Waals surface area contributed by atoms with Crippen LogP contribution in [0.2, 0.25) is 5.02 Å². The SMILES string of the molecule is Cc1ccc(C(=O)c2ccc(CCNc3ncnc(C(C)Cl)c3Cl)cc2)cc1. The topological polar surface area (TPSA) is 54.9 Å². The van der Waals surface area contributed by atoms with Crippen LogP contribution in [-0.4, -0.2) is 22.3 Å². The third-order valence-electron chi connectivity index (χ3n) is 4.43. The quantitative estimate of drug-likeness (QED) is 0.403. The molecule has 0 aliphatic rings. The van der Waals surface area contributed by atoms with E-state index in [0.29, 0.717) is 34.2 Å². The van der Waals surface area contributed by atoms with Crippen LogP contribution in [0.5, 0.6) is 0 Å². The van der Waals surface area contributed by atoms with Gasteiger partial charge in [-0.15, -0.1) is 11.6 Å². The van der Waals surface area contributed by atoms with Crippen molar-refractivity contribution in [1.29, 1.82) is 0 Å². The maximum Gasteiger partial charge on any atom is 0.193 e. The summed E-state index contributed by atoms with van der Waals surface area (Å²) in [5.41, 5.74) is 4.24. The number of alkyl halides is 1. The summed E-state index contributed by atoms with van der Waals surface area (Å²) in [5.74, 6) is 0.602. The van der Waals surface area contributed by atoms with E-state index in [4.69, 9.17) is 23.2 Å². The summed E-state index contributed by atoms with van der Waals surface area (Å²) in [6.07, 6.45) is 2.22. The fraction of sp³-hybridized carbons (Fsp3) is 0.227. The van der Waals surface area contributed by atoms with Crippen LogP contribution >= 0.6 is 23.2 Å². The molecule has 0 amide bonds. The zero-order valence-corrected chi connectivity index (χ0v) is 17.3. The molecule has 1 unspecified atom stereocenters. The van der Waals surface area contributed by atoms with Gasteiger partial charge in [0.15, 0.2) is 5.78 Å². The van der Waals surface area contributed by atoms with Crippen molar-refractivity contribution in [2.75, 3.05) is 11.9 Å². The molecule has 0 aliphatic carbocycles. The second-order valence-electron chi connectivity index (χ2n) is 6.61. The number of carbonyl (C=O) groups is 1. The number of aryl methyl sites for hydroxylation is 1. The Balaban J connectivity index is 1.60. The van der Waals surface area contributed by atoms with Crippen LogP contribution in [0.15, 0.2) is 54.9 Å². The van der Waals surface area contributed by atoms with Crippen molar-refractivity contribution >= 4 is 34.8 Å². The number of aromatic nitrogens is 2. The first-order valence-corrected chi connectivity index (χ1v) is 9.86. The molecule has 0 aliphatic heterocycles. The van der Waals surface area contributed by atoms with Crippen molar-refractivity contribution in [2.45, 2.75) is 25.6 Å². The molecule has 6 heteroatoms. The molecule has 0 fully saturated rings. The number of ketones is 1. The number of carbonyl (C=O) groups excluding carboxylic acids is 1. The minimum Gasteiger partial charge on any atom is -0.368 e. The van der Waals surface area contributed by atoms with Gasteiger partial charge >= 0.3 is 0 Å². The molecule has 0 bridgehead atoms. The number of hydrogen-bond acceptors (Lipinski definition) is 4. The lowest BCUT2D eigenvalue weighted by Gasteiger charge is -2.11. The second-order valence-corrected chi connectivity index (χ2v) is 7.64. The van der Waals surface area contributed by atoms with E-state index in [-0.39, 0.29) is 11.2 Å². The largest absolute Gasteiger partial charge is 0.368 e. The number of benzene rings is 2. The van der Waals surface area contributed by atoms with E-state index in [1.165, 1.54) is 6.33 Å². The van der Waals surface area contributed by atoms with E-state index in [2.05, 4.69) is 15.3 Å². The van der Waals surface area contributed by atoms with E-state index >= 15 is 0 Å². The fourth-order valence-electron chi connectivity index (χ4n) is 2.80. The maximum atomic E-state index is 12.5. The van der Waals surface area contributed by atoms with Crippen LogP contribution < -0.4 is 5.32 Å².